The smallest absolute Gasteiger partial charge is 0.459 e. The molecule has 0 radical (unpaired) electrons. The molecule has 0 saturated heterocycles. The van der Waals surface area contributed by atoms with E-state index < -0.39 is 24.4 Å². The molecular weight excluding hydrogens is 623 g/mol. The summed E-state index contributed by atoms with van der Waals surface area (Å²) in [6.45, 7) is 8.27. The van der Waals surface area contributed by atoms with E-state index in [4.69, 9.17) is 0 Å². The fourth-order valence-corrected chi connectivity index (χ4v) is 9.57. The number of hydrogen-bond acceptors (Lipinski definition) is 3. The number of benzene rings is 1. The third-order valence-corrected chi connectivity index (χ3v) is 12.1. The molecule has 10 heteroatoms. The molecule has 0 heterocycles. The van der Waals surface area contributed by atoms with E-state index >= 15 is 0 Å². The summed E-state index contributed by atoms with van der Waals surface area (Å²) in [4.78, 5) is 2.14. The molecule has 6 atom stereocenters. The summed E-state index contributed by atoms with van der Waals surface area (Å²) in [5.74, 6) is -9.61. The Morgan fingerprint density at radius 1 is 0.915 bits per heavy atom. The van der Waals surface area contributed by atoms with Gasteiger partial charge in [-0.1, -0.05) is 57.6 Å². The minimum absolute atomic E-state index is 0.0451. The molecule has 0 unspecified atom stereocenters. The first-order valence-electron chi connectivity index (χ1n) is 17.6. The first kappa shape index (κ1) is 38.0. The van der Waals surface area contributed by atoms with Gasteiger partial charge in [-0.2, -0.15) is 30.7 Å². The number of aromatic hydroxyl groups is 1. The van der Waals surface area contributed by atoms with Gasteiger partial charge in [0.25, 0.3) is 0 Å². The first-order chi connectivity index (χ1) is 22.0. The van der Waals surface area contributed by atoms with Crippen molar-refractivity contribution in [2.45, 2.75) is 140 Å². The second-order valence-corrected chi connectivity index (χ2v) is 15.1. The van der Waals surface area contributed by atoms with Crippen molar-refractivity contribution in [2.24, 2.45) is 22.7 Å². The van der Waals surface area contributed by atoms with Crippen LogP contribution in [0.3, 0.4) is 0 Å². The summed E-state index contributed by atoms with van der Waals surface area (Å²) in [5.41, 5.74) is 2.44. The number of rotatable bonds is 17. The van der Waals surface area contributed by atoms with E-state index in [1.165, 1.54) is 11.1 Å². The fraction of sp³-hybridized carbons (Fsp3) is 0.784. The molecule has 0 spiro atoms. The van der Waals surface area contributed by atoms with Crippen LogP contribution in [0.25, 0.3) is 0 Å². The number of aliphatic hydroxyl groups is 1. The molecule has 268 valence electrons. The van der Waals surface area contributed by atoms with Crippen molar-refractivity contribution >= 4 is 0 Å². The van der Waals surface area contributed by atoms with Crippen molar-refractivity contribution in [2.75, 3.05) is 20.1 Å². The molecule has 2 fully saturated rings. The Balaban J connectivity index is 1.17. The zero-order valence-electron chi connectivity index (χ0n) is 28.0. The van der Waals surface area contributed by atoms with Gasteiger partial charge in [-0.25, -0.2) is 0 Å². The molecule has 0 amide bonds. The maximum absolute atomic E-state index is 13.4. The van der Waals surface area contributed by atoms with Crippen molar-refractivity contribution in [1.29, 1.82) is 0 Å². The maximum atomic E-state index is 13.4. The largest absolute Gasteiger partial charge is 0.508 e. The second kappa shape index (κ2) is 15.0. The van der Waals surface area contributed by atoms with Crippen molar-refractivity contribution in [1.82, 2.24) is 4.90 Å². The van der Waals surface area contributed by atoms with E-state index in [1.54, 1.807) is 0 Å². The summed E-state index contributed by atoms with van der Waals surface area (Å²) in [7, 11) is 1.97. The van der Waals surface area contributed by atoms with Gasteiger partial charge in [-0.15, -0.1) is 6.58 Å². The van der Waals surface area contributed by atoms with Crippen molar-refractivity contribution in [3.05, 3.63) is 42.0 Å². The molecule has 0 aromatic heterocycles. The number of hydrogen-bond donors (Lipinski definition) is 2. The highest BCUT2D eigenvalue weighted by molar-refractivity contribution is 5.43. The molecule has 0 aliphatic heterocycles. The monoisotopic (exact) mass is 677 g/mol. The number of allylic oxidation sites excluding steroid dienone is 1. The van der Waals surface area contributed by atoms with Gasteiger partial charge in [0.15, 0.2) is 0 Å². The van der Waals surface area contributed by atoms with Gasteiger partial charge >= 0.3 is 18.0 Å². The van der Waals surface area contributed by atoms with Crippen LogP contribution in [0.1, 0.15) is 120 Å². The van der Waals surface area contributed by atoms with Gasteiger partial charge < -0.3 is 15.1 Å². The average molecular weight is 678 g/mol. The van der Waals surface area contributed by atoms with Gasteiger partial charge in [0.1, 0.15) is 5.75 Å². The van der Waals surface area contributed by atoms with Gasteiger partial charge in [0.2, 0.25) is 0 Å². The summed E-state index contributed by atoms with van der Waals surface area (Å²) in [6.07, 6.45) is 6.50. The molecule has 3 nitrogen and oxygen atoms in total. The number of unbranched alkanes of at least 4 members (excludes halogenated alkanes) is 7. The van der Waals surface area contributed by atoms with E-state index in [2.05, 4.69) is 30.5 Å². The van der Waals surface area contributed by atoms with Crippen LogP contribution in [0.15, 0.2) is 30.9 Å². The molecule has 3 aliphatic rings. The highest BCUT2D eigenvalue weighted by atomic mass is 19.4. The number of nitrogens with zero attached hydrogens (tertiary/aromatic N) is 1. The van der Waals surface area contributed by atoms with Gasteiger partial charge in [0.05, 0.1) is 6.10 Å². The van der Waals surface area contributed by atoms with E-state index in [9.17, 15) is 40.9 Å². The summed E-state index contributed by atoms with van der Waals surface area (Å²) in [5, 5.41) is 21.3. The van der Waals surface area contributed by atoms with Crippen LogP contribution >= 0.6 is 0 Å². The standard InChI is InChI=1S/C37H54F7NO2/c1-4-34-21-19-26-24-28(46)15-16-29(26)32(34)27(25-33(2)30(34)17-18-31(33)47)14-10-6-5-8-12-22-45(3)23-13-9-7-11-20-35(38,39)36(40,41)37(42,43)44/h4,15-16,24,27,30-32,46-47H,1,5-14,17-23,25H2,2-3H3/t27-,30+,31-,32+,33-,34-/m0/s1. The van der Waals surface area contributed by atoms with E-state index in [0.717, 1.165) is 77.2 Å². The van der Waals surface area contributed by atoms with E-state index in [1.807, 2.05) is 19.2 Å². The van der Waals surface area contributed by atoms with Gasteiger partial charge in [0, 0.05) is 6.42 Å². The number of phenolic OH excluding ortho intramolecular Hbond substituents is 1. The van der Waals surface area contributed by atoms with Crippen molar-refractivity contribution in [3.8, 4) is 5.75 Å². The lowest BCUT2D eigenvalue weighted by molar-refractivity contribution is -0.355. The quantitative estimate of drug-likeness (QED) is 0.0980. The van der Waals surface area contributed by atoms with Gasteiger partial charge in [-0.05, 0) is 130 Å². The van der Waals surface area contributed by atoms with Crippen molar-refractivity contribution < 1.29 is 40.9 Å². The second-order valence-electron chi connectivity index (χ2n) is 15.1. The Hall–Kier alpha value is -1.81. The van der Waals surface area contributed by atoms with Crippen LogP contribution in [0.4, 0.5) is 30.7 Å². The van der Waals surface area contributed by atoms with Crippen LogP contribution in [-0.4, -0.2) is 59.4 Å². The Morgan fingerprint density at radius 3 is 2.17 bits per heavy atom. The Kier molecular flexibility index (Phi) is 12.1. The number of alkyl halides is 7. The third-order valence-electron chi connectivity index (χ3n) is 12.1. The molecule has 4 rings (SSSR count). The molecule has 1 aromatic carbocycles. The SMILES string of the molecule is C=C[C@@]12CCc3cc(O)ccc3[C@H]1[C@@H](CCCCCCCN(C)CCCCCCC(F)(F)C(F)(F)C(F)(F)F)C[C@@]1(C)[C@H]2CC[C@@H]1O. The van der Waals surface area contributed by atoms with Crippen LogP contribution in [0.2, 0.25) is 0 Å². The lowest BCUT2D eigenvalue weighted by Crippen LogP contribution is -2.54. The Bertz CT molecular complexity index is 1190. The Labute approximate surface area is 276 Å². The van der Waals surface area contributed by atoms with E-state index in [-0.39, 0.29) is 29.8 Å². The van der Waals surface area contributed by atoms with Crippen LogP contribution in [-0.2, 0) is 6.42 Å². The van der Waals surface area contributed by atoms with Gasteiger partial charge in [-0.3, -0.25) is 0 Å². The summed E-state index contributed by atoms with van der Waals surface area (Å²) >= 11 is 0. The van der Waals surface area contributed by atoms with Crippen LogP contribution < -0.4 is 0 Å². The number of aryl methyl sites for hydroxylation is 1. The molecule has 3 aliphatic carbocycles. The number of aliphatic hydroxyl groups excluding tert-OH is 1. The predicted molar refractivity (Wildman–Crippen MR) is 171 cm³/mol. The lowest BCUT2D eigenvalue weighted by Gasteiger charge is -2.60. The fourth-order valence-electron chi connectivity index (χ4n) is 9.57. The highest BCUT2D eigenvalue weighted by Gasteiger charge is 2.72. The topological polar surface area (TPSA) is 43.7 Å². The first-order valence-corrected chi connectivity index (χ1v) is 17.6. The zero-order valence-corrected chi connectivity index (χ0v) is 28.0. The van der Waals surface area contributed by atoms with E-state index in [0.29, 0.717) is 42.9 Å². The zero-order chi connectivity index (χ0) is 34.7. The predicted octanol–water partition coefficient (Wildman–Crippen LogP) is 10.4. The molecular formula is C37H54F7NO2. The lowest BCUT2D eigenvalue weighted by atomic mass is 9.44. The highest BCUT2D eigenvalue weighted by Crippen LogP contribution is 2.69. The molecule has 1 aromatic rings. The molecule has 2 N–H and O–H groups in total. The van der Waals surface area contributed by atoms with Crippen LogP contribution in [0.5, 0.6) is 5.75 Å². The van der Waals surface area contributed by atoms with Crippen molar-refractivity contribution in [3.63, 3.8) is 0 Å². The minimum Gasteiger partial charge on any atom is -0.508 e. The number of fused-ring (bicyclic) bond motifs is 5. The average Bonchev–Trinajstić information content (AvgIpc) is 3.31. The number of phenols is 1. The third kappa shape index (κ3) is 7.84. The normalized spacial score (nSPS) is 29.4. The number of halogens is 7. The molecule has 0 bridgehead atoms. The summed E-state index contributed by atoms with van der Waals surface area (Å²) < 4.78 is 89.6. The molecule has 47 heavy (non-hydrogen) atoms. The molecule has 2 saturated carbocycles. The maximum Gasteiger partial charge on any atom is 0.459 e. The Morgan fingerprint density at radius 2 is 1.53 bits per heavy atom. The minimum atomic E-state index is -6.26. The summed E-state index contributed by atoms with van der Waals surface area (Å²) in [6, 6.07) is 5.88. The van der Waals surface area contributed by atoms with Crippen LogP contribution in [0, 0.1) is 22.7 Å².